The van der Waals surface area contributed by atoms with Gasteiger partial charge in [-0.05, 0) is 129 Å². The van der Waals surface area contributed by atoms with Crippen LogP contribution in [0, 0.1) is 5.92 Å². The molecule has 0 unspecified atom stereocenters. The quantitative estimate of drug-likeness (QED) is 0.0218. The summed E-state index contributed by atoms with van der Waals surface area (Å²) in [6.45, 7) is 38.8. The number of rotatable bonds is 29. The monoisotopic (exact) mass is 1260 g/mol. The second-order valence-electron chi connectivity index (χ2n) is 27.1. The van der Waals surface area contributed by atoms with E-state index in [1.807, 2.05) is 6.92 Å². The average molecular weight is 1260 g/mol. The van der Waals surface area contributed by atoms with Gasteiger partial charge in [-0.25, -0.2) is 0 Å². The van der Waals surface area contributed by atoms with Gasteiger partial charge in [0.05, 0.1) is 48.3 Å². The first-order valence-corrected chi connectivity index (χ1v) is 39.3. The minimum atomic E-state index is -2.70. The number of methoxy groups -OCH3 is 1. The third-order valence-corrected chi connectivity index (χ3v) is 34.3. The zero-order valence-electron chi connectivity index (χ0n) is 53.3. The molecule has 3 aromatic rings. The molecule has 0 bridgehead atoms. The molecule has 0 aromatic heterocycles. The first-order valence-electron chi connectivity index (χ1n) is 30.8. The summed E-state index contributed by atoms with van der Waals surface area (Å²) in [4.78, 5) is 14.7. The maximum atomic E-state index is 14.7. The molecule has 0 N–H and O–H groups in total. The molecule has 17 heteroatoms. The molecule has 0 radical (unpaired) electrons. The molecule has 6 rings (SSSR count). The predicted octanol–water partition coefficient (Wildman–Crippen LogP) is 16.2. The van der Waals surface area contributed by atoms with E-state index in [4.69, 9.17) is 81.2 Å². The first-order chi connectivity index (χ1) is 39.0. The van der Waals surface area contributed by atoms with Crippen LogP contribution in [0.5, 0.6) is 0 Å². The van der Waals surface area contributed by atoms with Crippen LogP contribution in [0.3, 0.4) is 0 Å². The van der Waals surface area contributed by atoms with E-state index in [1.165, 1.54) is 10.4 Å². The molecule has 3 aromatic carbocycles. The summed E-state index contributed by atoms with van der Waals surface area (Å²) in [5, 5.41) is 3.66. The molecule has 3 fully saturated rings. The summed E-state index contributed by atoms with van der Waals surface area (Å²) in [7, 11) is -5.71. The second-order valence-corrected chi connectivity index (χ2v) is 42.1. The van der Waals surface area contributed by atoms with Crippen molar-refractivity contribution in [2.24, 2.45) is 5.92 Å². The normalized spacial score (nSPS) is 26.5. The van der Waals surface area contributed by atoms with Crippen LogP contribution in [0.2, 0.25) is 56.4 Å². The van der Waals surface area contributed by atoms with Gasteiger partial charge < -0.3 is 46.4 Å². The Morgan fingerprint density at radius 2 is 1.45 bits per heavy atom. The van der Waals surface area contributed by atoms with Gasteiger partial charge in [-0.3, -0.25) is 4.79 Å². The fourth-order valence-corrected chi connectivity index (χ4v) is 22.8. The number of hydrogen-bond acceptors (Lipinski definition) is 11. The van der Waals surface area contributed by atoms with Crippen LogP contribution in [0.1, 0.15) is 153 Å². The molecular formula is C66H103Cl3O11Si3. The topological polar surface area (TPSA) is 109 Å². The summed E-state index contributed by atoms with van der Waals surface area (Å²) < 4.78 is 69.3. The van der Waals surface area contributed by atoms with Crippen molar-refractivity contribution in [1.29, 1.82) is 0 Å². The summed E-state index contributed by atoms with van der Waals surface area (Å²) in [5.41, 5.74) is -1.94. The molecule has 0 amide bonds. The molecule has 0 aliphatic carbocycles. The molecule has 11 nitrogen and oxygen atoms in total. The van der Waals surface area contributed by atoms with Crippen LogP contribution in [0.25, 0.3) is 0 Å². The molecule has 83 heavy (non-hydrogen) atoms. The van der Waals surface area contributed by atoms with Gasteiger partial charge in [0.1, 0.15) is 24.6 Å². The lowest BCUT2D eigenvalue weighted by Gasteiger charge is -2.51. The van der Waals surface area contributed by atoms with Crippen LogP contribution < -0.4 is 10.4 Å². The van der Waals surface area contributed by atoms with Crippen LogP contribution >= 0.6 is 34.8 Å². The fraction of sp³-hybridized carbons (Fsp3) is 0.682. The van der Waals surface area contributed by atoms with Crippen LogP contribution in [0.4, 0.5) is 0 Å². The standard InChI is InChI=1S/C66H103Cl3O11Si3/c1-18-64(12,80-81(16,17)62(6,7)8)57(35-29-38-72-45-51-52(68)41-48(67)42-53(51)69)76-60(70)36-37-65(13)59(79-82(19-2,20-3)21-4)43-55-61(78-65)56(73-46-71-15)44-66(14)58(75-55)40-47(5)54(77-66)34-28-39-74-83(63(9,10)11,49-30-24-22-25-31-49)50-32-26-23-27-33-50/h18,22-27,30-33,41-42,47,54-59,61H,1,19-21,28-29,34-40,43-46H2,2-17H3/t47-,54-,55+,56-,57+,58-,59-,61+,64-,65+,66+/m0/s1. The lowest BCUT2D eigenvalue weighted by atomic mass is 9.79. The number of fused-ring (bicyclic) bond motifs is 2. The number of carbonyl (C=O) groups excluding carboxylic acids is 1. The SMILES string of the molecule is C=C[C@](C)(O[Si](C)(C)C(C)(C)C)[C@@H](CCCOCc1c(Cl)cc(Cl)cc1Cl)OC(=O)CC[C@@]1(C)O[C@H]2[C@@H](OCOC)C[C@@]3(C)O[C@@H](CCCO[Si](c4ccccc4)(c4ccccc4)C(C)(C)C)[C@@H](C)C[C@@H]3O[C@@H]2C[C@@H]1O[Si](CC)(CC)CC. The van der Waals surface area contributed by atoms with Crippen molar-refractivity contribution < 1.29 is 51.2 Å². The van der Waals surface area contributed by atoms with Crippen molar-refractivity contribution in [2.75, 3.05) is 27.1 Å². The Labute approximate surface area is 518 Å². The van der Waals surface area contributed by atoms with Gasteiger partial charge in [-0.15, -0.1) is 6.58 Å². The number of hydrogen-bond donors (Lipinski definition) is 0. The molecule has 3 aliphatic rings. The van der Waals surface area contributed by atoms with Crippen LogP contribution in [-0.4, -0.2) is 118 Å². The molecule has 0 saturated carbocycles. The summed E-state index contributed by atoms with van der Waals surface area (Å²) in [6.07, 6.45) is 4.27. The van der Waals surface area contributed by atoms with E-state index in [2.05, 4.69) is 163 Å². The van der Waals surface area contributed by atoms with E-state index in [9.17, 15) is 4.79 Å². The predicted molar refractivity (Wildman–Crippen MR) is 346 cm³/mol. The third kappa shape index (κ3) is 16.9. The van der Waals surface area contributed by atoms with E-state index in [0.29, 0.717) is 65.9 Å². The molecule has 3 heterocycles. The van der Waals surface area contributed by atoms with E-state index in [-0.39, 0.29) is 66.2 Å². The van der Waals surface area contributed by atoms with Crippen molar-refractivity contribution in [3.63, 3.8) is 0 Å². The van der Waals surface area contributed by atoms with Crippen molar-refractivity contribution >= 4 is 76.1 Å². The van der Waals surface area contributed by atoms with Gasteiger partial charge in [-0.2, -0.15) is 0 Å². The molecule has 0 spiro atoms. The first kappa shape index (κ1) is 70.1. The number of ether oxygens (including phenoxy) is 7. The van der Waals surface area contributed by atoms with Gasteiger partial charge in [0.25, 0.3) is 8.32 Å². The second kappa shape index (κ2) is 29.6. The number of carbonyl (C=O) groups is 1. The Balaban J connectivity index is 1.22. The Hall–Kier alpha value is -1.97. The molecule has 11 atom stereocenters. The van der Waals surface area contributed by atoms with Gasteiger partial charge >= 0.3 is 5.97 Å². The van der Waals surface area contributed by atoms with Crippen molar-refractivity contribution in [2.45, 2.75) is 255 Å². The summed E-state index contributed by atoms with van der Waals surface area (Å²) in [6, 6.07) is 27.9. The lowest BCUT2D eigenvalue weighted by molar-refractivity contribution is -0.266. The van der Waals surface area contributed by atoms with Gasteiger partial charge in [0.2, 0.25) is 0 Å². The Kier molecular flexibility index (Phi) is 25.0. The lowest BCUT2D eigenvalue weighted by Crippen LogP contribution is -2.66. The highest BCUT2D eigenvalue weighted by Gasteiger charge is 2.59. The van der Waals surface area contributed by atoms with E-state index in [0.717, 1.165) is 37.4 Å². The molecule has 466 valence electrons. The van der Waals surface area contributed by atoms with Crippen molar-refractivity contribution in [3.05, 3.63) is 106 Å². The maximum Gasteiger partial charge on any atom is 0.306 e. The van der Waals surface area contributed by atoms with Gasteiger partial charge in [0.15, 0.2) is 16.6 Å². The van der Waals surface area contributed by atoms with Gasteiger partial charge in [0, 0.05) is 60.2 Å². The number of esters is 1. The van der Waals surface area contributed by atoms with Crippen molar-refractivity contribution in [1.82, 2.24) is 0 Å². The molecule has 3 saturated heterocycles. The average Bonchev–Trinajstić information content (AvgIpc) is 2.38. The van der Waals surface area contributed by atoms with Crippen molar-refractivity contribution in [3.8, 4) is 0 Å². The smallest absolute Gasteiger partial charge is 0.306 e. The Bertz CT molecular complexity index is 2460. The minimum absolute atomic E-state index is 0.0245. The number of benzene rings is 3. The zero-order valence-corrected chi connectivity index (χ0v) is 58.5. The van der Waals surface area contributed by atoms with Crippen LogP contribution in [-0.2, 0) is 57.8 Å². The van der Waals surface area contributed by atoms with E-state index >= 15 is 0 Å². The summed E-state index contributed by atoms with van der Waals surface area (Å²) in [5.74, 6) is -0.130. The highest BCUT2D eigenvalue weighted by atomic mass is 35.5. The van der Waals surface area contributed by atoms with Crippen LogP contribution in [0.15, 0.2) is 85.5 Å². The minimum Gasteiger partial charge on any atom is -0.459 e. The Morgan fingerprint density at radius 1 is 0.843 bits per heavy atom. The maximum absolute atomic E-state index is 14.7. The zero-order chi connectivity index (χ0) is 61.2. The largest absolute Gasteiger partial charge is 0.459 e. The molecular weight excluding hydrogens is 1160 g/mol. The third-order valence-electron chi connectivity index (χ3n) is 19.2. The highest BCUT2D eigenvalue weighted by molar-refractivity contribution is 6.99. The number of halogens is 3. The molecule has 3 aliphatic heterocycles. The fourth-order valence-electron chi connectivity index (χ4n) is 12.7. The van der Waals surface area contributed by atoms with Gasteiger partial charge in [-0.1, -0.05) is 171 Å². The summed E-state index contributed by atoms with van der Waals surface area (Å²) >= 11 is 19.2. The van der Waals surface area contributed by atoms with E-state index in [1.54, 1.807) is 25.3 Å². The Morgan fingerprint density at radius 3 is 1.99 bits per heavy atom. The van der Waals surface area contributed by atoms with E-state index < -0.39 is 60.1 Å². The highest BCUT2D eigenvalue weighted by Crippen LogP contribution is 2.49.